The van der Waals surface area contributed by atoms with Crippen molar-refractivity contribution in [3.05, 3.63) is 0 Å². The van der Waals surface area contributed by atoms with Gasteiger partial charge >= 0.3 is 11.9 Å². The minimum Gasteiger partial charge on any atom is -0.465 e. The Kier molecular flexibility index (Phi) is 10.5. The number of unbranched alkanes of at least 4 members (excludes halogenated alkanes) is 3. The van der Waals surface area contributed by atoms with Crippen molar-refractivity contribution in [3.63, 3.8) is 0 Å². The van der Waals surface area contributed by atoms with Crippen molar-refractivity contribution in [1.82, 2.24) is 0 Å². The smallest absolute Gasteiger partial charge is 0.312 e. The minimum absolute atomic E-state index is 0.0849. The van der Waals surface area contributed by atoms with Crippen molar-refractivity contribution in [2.45, 2.75) is 100 Å². The summed E-state index contributed by atoms with van der Waals surface area (Å²) < 4.78 is 11.1. The van der Waals surface area contributed by atoms with E-state index in [1.54, 1.807) is 0 Å². The summed E-state index contributed by atoms with van der Waals surface area (Å²) in [7, 11) is 0. The summed E-state index contributed by atoms with van der Waals surface area (Å²) in [6, 6.07) is 0. The highest BCUT2D eigenvalue weighted by Crippen LogP contribution is 2.36. The topological polar surface area (TPSA) is 52.6 Å². The Hall–Kier alpha value is -1.06. The SMILES string of the molecule is CCCCCCC(CC)(CC(=O)OCC(C)(C)C)C(=O)OCC(C)(C)C. The van der Waals surface area contributed by atoms with Crippen molar-refractivity contribution in [3.8, 4) is 0 Å². The average Bonchev–Trinajstić information content (AvgIpc) is 2.52. The van der Waals surface area contributed by atoms with Crippen molar-refractivity contribution < 1.29 is 19.1 Å². The van der Waals surface area contributed by atoms with Gasteiger partial charge in [0.1, 0.15) is 0 Å². The first-order valence-electron chi connectivity index (χ1n) is 10.2. The molecular formula is C22H42O4. The molecule has 0 aromatic carbocycles. The first-order chi connectivity index (χ1) is 11.9. The number of esters is 2. The monoisotopic (exact) mass is 370 g/mol. The quantitative estimate of drug-likeness (QED) is 0.334. The van der Waals surface area contributed by atoms with Crippen LogP contribution in [-0.4, -0.2) is 25.2 Å². The van der Waals surface area contributed by atoms with Crippen LogP contribution < -0.4 is 0 Å². The maximum absolute atomic E-state index is 12.9. The fourth-order valence-electron chi connectivity index (χ4n) is 2.66. The van der Waals surface area contributed by atoms with Crippen molar-refractivity contribution in [1.29, 1.82) is 0 Å². The Morgan fingerprint density at radius 2 is 1.31 bits per heavy atom. The summed E-state index contributed by atoms with van der Waals surface area (Å²) in [5, 5.41) is 0. The molecule has 0 aromatic rings. The molecule has 1 atom stereocenters. The van der Waals surface area contributed by atoms with Gasteiger partial charge in [-0.25, -0.2) is 0 Å². The lowest BCUT2D eigenvalue weighted by molar-refractivity contribution is -0.166. The molecule has 0 rings (SSSR count). The molecule has 0 spiro atoms. The molecule has 0 aromatic heterocycles. The molecule has 0 radical (unpaired) electrons. The number of carbonyl (C=O) groups excluding carboxylic acids is 2. The number of hydrogen-bond acceptors (Lipinski definition) is 4. The fourth-order valence-corrected chi connectivity index (χ4v) is 2.66. The Morgan fingerprint density at radius 1 is 0.769 bits per heavy atom. The molecular weight excluding hydrogens is 328 g/mol. The minimum atomic E-state index is -0.770. The van der Waals surface area contributed by atoms with Gasteiger partial charge in [-0.2, -0.15) is 0 Å². The first kappa shape index (κ1) is 24.9. The van der Waals surface area contributed by atoms with E-state index in [-0.39, 0.29) is 29.2 Å². The van der Waals surface area contributed by atoms with E-state index >= 15 is 0 Å². The van der Waals surface area contributed by atoms with Crippen LogP contribution in [0.1, 0.15) is 100 Å². The van der Waals surface area contributed by atoms with Crippen molar-refractivity contribution in [2.75, 3.05) is 13.2 Å². The lowest BCUT2D eigenvalue weighted by Crippen LogP contribution is -2.37. The van der Waals surface area contributed by atoms with Crippen molar-refractivity contribution in [2.24, 2.45) is 16.2 Å². The fraction of sp³-hybridized carbons (Fsp3) is 0.909. The van der Waals surface area contributed by atoms with E-state index in [1.165, 1.54) is 0 Å². The van der Waals surface area contributed by atoms with Crippen LogP contribution in [0.15, 0.2) is 0 Å². The van der Waals surface area contributed by atoms with Crippen LogP contribution in [0.3, 0.4) is 0 Å². The van der Waals surface area contributed by atoms with E-state index in [4.69, 9.17) is 9.47 Å². The highest BCUT2D eigenvalue weighted by molar-refractivity contribution is 5.83. The second-order valence-electron chi connectivity index (χ2n) is 9.98. The molecule has 4 nitrogen and oxygen atoms in total. The molecule has 0 aliphatic heterocycles. The van der Waals surface area contributed by atoms with Crippen LogP contribution in [0.5, 0.6) is 0 Å². The van der Waals surface area contributed by atoms with E-state index in [0.29, 0.717) is 26.1 Å². The molecule has 154 valence electrons. The van der Waals surface area contributed by atoms with Crippen LogP contribution in [-0.2, 0) is 19.1 Å². The summed E-state index contributed by atoms with van der Waals surface area (Å²) in [5.41, 5.74) is -0.948. The summed E-state index contributed by atoms with van der Waals surface area (Å²) in [6.07, 6.45) is 5.66. The predicted molar refractivity (Wildman–Crippen MR) is 107 cm³/mol. The van der Waals surface area contributed by atoms with Gasteiger partial charge in [0.25, 0.3) is 0 Å². The zero-order valence-electron chi connectivity index (χ0n) is 18.5. The molecule has 0 saturated heterocycles. The standard InChI is InChI=1S/C22H42O4/c1-9-11-12-13-14-22(10-2,19(24)26-17-21(6,7)8)15-18(23)25-16-20(3,4)5/h9-17H2,1-8H3. The van der Waals surface area contributed by atoms with Gasteiger partial charge in [0.15, 0.2) is 0 Å². The zero-order valence-corrected chi connectivity index (χ0v) is 18.5. The second-order valence-corrected chi connectivity index (χ2v) is 9.98. The molecule has 1 unspecified atom stereocenters. The van der Waals surface area contributed by atoms with E-state index < -0.39 is 5.41 Å². The van der Waals surface area contributed by atoms with Gasteiger partial charge in [0.2, 0.25) is 0 Å². The lowest BCUT2D eigenvalue weighted by atomic mass is 9.77. The summed E-state index contributed by atoms with van der Waals surface area (Å²) in [6.45, 7) is 17.0. The van der Waals surface area contributed by atoms with Gasteiger partial charge in [-0.15, -0.1) is 0 Å². The van der Waals surface area contributed by atoms with Gasteiger partial charge in [0.05, 0.1) is 25.0 Å². The molecule has 0 aliphatic carbocycles. The lowest BCUT2D eigenvalue weighted by Gasteiger charge is -2.31. The molecule has 0 aliphatic rings. The maximum atomic E-state index is 12.9. The van der Waals surface area contributed by atoms with Crippen LogP contribution in [0, 0.1) is 16.2 Å². The highest BCUT2D eigenvalue weighted by Gasteiger charge is 2.41. The highest BCUT2D eigenvalue weighted by atomic mass is 16.5. The number of hydrogen-bond donors (Lipinski definition) is 0. The van der Waals surface area contributed by atoms with Gasteiger partial charge in [-0.1, -0.05) is 81.1 Å². The van der Waals surface area contributed by atoms with Crippen LogP contribution >= 0.6 is 0 Å². The van der Waals surface area contributed by atoms with Gasteiger partial charge < -0.3 is 9.47 Å². The van der Waals surface area contributed by atoms with Gasteiger partial charge in [-0.05, 0) is 23.7 Å². The number of ether oxygens (including phenoxy) is 2. The first-order valence-corrected chi connectivity index (χ1v) is 10.2. The average molecular weight is 371 g/mol. The number of rotatable bonds is 11. The molecule has 0 amide bonds. The third kappa shape index (κ3) is 10.8. The van der Waals surface area contributed by atoms with Crippen LogP contribution in [0.4, 0.5) is 0 Å². The molecule has 0 heterocycles. The predicted octanol–water partition coefficient (Wildman–Crippen LogP) is 5.92. The molecule has 0 N–H and O–H groups in total. The third-order valence-electron chi connectivity index (χ3n) is 4.40. The third-order valence-corrected chi connectivity index (χ3v) is 4.40. The van der Waals surface area contributed by atoms with Gasteiger partial charge in [-0.3, -0.25) is 9.59 Å². The molecule has 0 fully saturated rings. The van der Waals surface area contributed by atoms with Crippen LogP contribution in [0.25, 0.3) is 0 Å². The van der Waals surface area contributed by atoms with E-state index in [2.05, 4.69) is 6.92 Å². The van der Waals surface area contributed by atoms with E-state index in [9.17, 15) is 9.59 Å². The maximum Gasteiger partial charge on any atom is 0.312 e. The zero-order chi connectivity index (χ0) is 20.4. The van der Waals surface area contributed by atoms with Crippen LogP contribution in [0.2, 0.25) is 0 Å². The summed E-state index contributed by atoms with van der Waals surface area (Å²) >= 11 is 0. The molecule has 4 heteroatoms. The molecule has 0 bridgehead atoms. The Labute approximate surface area is 161 Å². The summed E-state index contributed by atoms with van der Waals surface area (Å²) in [4.78, 5) is 25.3. The molecule has 0 saturated carbocycles. The number of carbonyl (C=O) groups is 2. The van der Waals surface area contributed by atoms with E-state index in [0.717, 1.165) is 25.7 Å². The Balaban J connectivity index is 5.09. The second kappa shape index (κ2) is 10.9. The van der Waals surface area contributed by atoms with Gasteiger partial charge in [0, 0.05) is 0 Å². The molecule has 26 heavy (non-hydrogen) atoms. The summed E-state index contributed by atoms with van der Waals surface area (Å²) in [5.74, 6) is -0.552. The largest absolute Gasteiger partial charge is 0.465 e. The van der Waals surface area contributed by atoms with Crippen molar-refractivity contribution >= 4 is 11.9 Å². The Bertz CT molecular complexity index is 428. The van der Waals surface area contributed by atoms with E-state index in [1.807, 2.05) is 48.5 Å². The normalized spacial score (nSPS) is 14.6. The Morgan fingerprint density at radius 3 is 1.77 bits per heavy atom.